The van der Waals surface area contributed by atoms with E-state index in [4.69, 9.17) is 10.5 Å². The zero-order valence-electron chi connectivity index (χ0n) is 13.5. The largest absolute Gasteiger partial charge is 0.444 e. The molecule has 2 rings (SSSR count). The number of ether oxygens (including phenoxy) is 1. The van der Waals surface area contributed by atoms with Crippen LogP contribution in [0.15, 0.2) is 0 Å². The Kier molecular flexibility index (Phi) is 4.04. The number of likely N-dealkylation sites (N-methyl/N-ethyl adjacent to an activating group) is 1. The molecule has 0 aromatic heterocycles. The molecule has 2 aliphatic heterocycles. The van der Waals surface area contributed by atoms with Gasteiger partial charge in [0.15, 0.2) is 0 Å². The molecule has 2 fully saturated rings. The van der Waals surface area contributed by atoms with E-state index in [0.29, 0.717) is 6.04 Å². The number of nitrogens with two attached hydrogens (primary N) is 1. The van der Waals surface area contributed by atoms with Crippen LogP contribution in [0.5, 0.6) is 0 Å². The highest BCUT2D eigenvalue weighted by atomic mass is 16.6. The maximum absolute atomic E-state index is 12.0. The summed E-state index contributed by atoms with van der Waals surface area (Å²) < 4.78 is 5.42. The average molecular weight is 283 g/mol. The van der Waals surface area contributed by atoms with Crippen LogP contribution in [0.4, 0.5) is 4.79 Å². The SMILES string of the molecule is CCN1CCC(N)C1C1(C)CN(C(=O)OC(C)(C)C)C1. The Hall–Kier alpha value is -0.810. The Labute approximate surface area is 122 Å². The first-order chi connectivity index (χ1) is 9.16. The van der Waals surface area contributed by atoms with Gasteiger partial charge in [-0.05, 0) is 33.7 Å². The third kappa shape index (κ3) is 2.93. The first-order valence-electron chi connectivity index (χ1n) is 7.64. The van der Waals surface area contributed by atoms with Crippen LogP contribution in [0, 0.1) is 5.41 Å². The Morgan fingerprint density at radius 3 is 2.50 bits per heavy atom. The third-order valence-electron chi connectivity index (χ3n) is 4.42. The maximum atomic E-state index is 12.0. The van der Waals surface area contributed by atoms with Crippen LogP contribution >= 0.6 is 0 Å². The fraction of sp³-hybridized carbons (Fsp3) is 0.933. The number of likely N-dealkylation sites (tertiary alicyclic amines) is 2. The summed E-state index contributed by atoms with van der Waals surface area (Å²) in [6.45, 7) is 13.7. The molecule has 20 heavy (non-hydrogen) atoms. The van der Waals surface area contributed by atoms with Gasteiger partial charge in [-0.3, -0.25) is 4.90 Å². The molecule has 0 spiro atoms. The molecule has 0 aromatic rings. The lowest BCUT2D eigenvalue weighted by molar-refractivity contribution is -0.0594. The lowest BCUT2D eigenvalue weighted by atomic mass is 9.73. The summed E-state index contributed by atoms with van der Waals surface area (Å²) in [5.74, 6) is 0. The zero-order valence-corrected chi connectivity index (χ0v) is 13.5. The van der Waals surface area contributed by atoms with Gasteiger partial charge in [0.1, 0.15) is 5.60 Å². The standard InChI is InChI=1S/C15H29N3O2/c1-6-17-8-7-11(16)12(17)15(5)9-18(10-15)13(19)20-14(2,3)4/h11-12H,6-10,16H2,1-5H3. The van der Waals surface area contributed by atoms with E-state index in [0.717, 1.165) is 32.6 Å². The number of nitrogens with zero attached hydrogens (tertiary/aromatic N) is 2. The van der Waals surface area contributed by atoms with Gasteiger partial charge in [0.25, 0.3) is 0 Å². The topological polar surface area (TPSA) is 58.8 Å². The first kappa shape index (κ1) is 15.6. The molecule has 5 heteroatoms. The van der Waals surface area contributed by atoms with Crippen LogP contribution in [0.25, 0.3) is 0 Å². The van der Waals surface area contributed by atoms with E-state index in [9.17, 15) is 4.79 Å². The van der Waals surface area contributed by atoms with Gasteiger partial charge >= 0.3 is 6.09 Å². The van der Waals surface area contributed by atoms with E-state index in [1.54, 1.807) is 4.90 Å². The summed E-state index contributed by atoms with van der Waals surface area (Å²) in [6, 6.07) is 0.604. The number of amides is 1. The van der Waals surface area contributed by atoms with Crippen LogP contribution in [0.1, 0.15) is 41.0 Å². The van der Waals surface area contributed by atoms with Crippen molar-refractivity contribution in [2.75, 3.05) is 26.2 Å². The first-order valence-corrected chi connectivity index (χ1v) is 7.64. The van der Waals surface area contributed by atoms with E-state index < -0.39 is 5.60 Å². The van der Waals surface area contributed by atoms with Gasteiger partial charge in [-0.15, -0.1) is 0 Å². The normalized spacial score (nSPS) is 30.2. The predicted octanol–water partition coefficient (Wildman–Crippen LogP) is 1.66. The summed E-state index contributed by atoms with van der Waals surface area (Å²) in [4.78, 5) is 16.3. The van der Waals surface area contributed by atoms with Crippen LogP contribution in [-0.4, -0.2) is 59.8 Å². The second-order valence-corrected chi connectivity index (χ2v) is 7.52. The van der Waals surface area contributed by atoms with Gasteiger partial charge in [-0.1, -0.05) is 13.8 Å². The highest BCUT2D eigenvalue weighted by molar-refractivity contribution is 5.69. The Morgan fingerprint density at radius 1 is 1.40 bits per heavy atom. The van der Waals surface area contributed by atoms with Gasteiger partial charge in [-0.25, -0.2) is 4.79 Å². The van der Waals surface area contributed by atoms with Crippen molar-refractivity contribution in [3.8, 4) is 0 Å². The minimum atomic E-state index is -0.428. The monoisotopic (exact) mass is 283 g/mol. The summed E-state index contributed by atoms with van der Waals surface area (Å²) in [5.41, 5.74) is 5.96. The molecule has 2 unspecified atom stereocenters. The Bertz CT molecular complexity index is 372. The van der Waals surface area contributed by atoms with Crippen LogP contribution < -0.4 is 5.73 Å². The van der Waals surface area contributed by atoms with Gasteiger partial charge < -0.3 is 15.4 Å². The summed E-state index contributed by atoms with van der Waals surface area (Å²) >= 11 is 0. The molecule has 2 heterocycles. The molecular weight excluding hydrogens is 254 g/mol. The number of carbonyl (C=O) groups is 1. The highest BCUT2D eigenvalue weighted by Gasteiger charge is 2.53. The molecule has 0 aromatic carbocycles. The summed E-state index contributed by atoms with van der Waals surface area (Å²) in [6.07, 6.45) is 0.852. The van der Waals surface area contributed by atoms with E-state index in [-0.39, 0.29) is 17.6 Å². The Morgan fingerprint density at radius 2 is 2.00 bits per heavy atom. The second-order valence-electron chi connectivity index (χ2n) is 7.52. The number of carbonyl (C=O) groups excluding carboxylic acids is 1. The van der Waals surface area contributed by atoms with Crippen molar-refractivity contribution in [2.45, 2.75) is 58.7 Å². The molecule has 116 valence electrons. The smallest absolute Gasteiger partial charge is 0.410 e. The van der Waals surface area contributed by atoms with Crippen molar-refractivity contribution >= 4 is 6.09 Å². The van der Waals surface area contributed by atoms with Crippen LogP contribution in [-0.2, 0) is 4.74 Å². The minimum absolute atomic E-state index is 0.100. The van der Waals surface area contributed by atoms with E-state index in [2.05, 4.69) is 18.7 Å². The predicted molar refractivity (Wildman–Crippen MR) is 79.5 cm³/mol. The van der Waals surface area contributed by atoms with Crippen molar-refractivity contribution in [1.82, 2.24) is 9.80 Å². The average Bonchev–Trinajstić information content (AvgIpc) is 2.64. The molecule has 1 amide bonds. The van der Waals surface area contributed by atoms with Gasteiger partial charge in [0.2, 0.25) is 0 Å². The van der Waals surface area contributed by atoms with Crippen LogP contribution in [0.3, 0.4) is 0 Å². The molecule has 0 saturated carbocycles. The van der Waals surface area contributed by atoms with Crippen LogP contribution in [0.2, 0.25) is 0 Å². The lowest BCUT2D eigenvalue weighted by Gasteiger charge is -2.54. The van der Waals surface area contributed by atoms with Gasteiger partial charge in [0.05, 0.1) is 0 Å². The summed E-state index contributed by atoms with van der Waals surface area (Å²) in [7, 11) is 0. The molecule has 0 bridgehead atoms. The second kappa shape index (κ2) is 5.19. The Balaban J connectivity index is 1.95. The molecule has 2 atom stereocenters. The van der Waals surface area contributed by atoms with Crippen molar-refractivity contribution in [3.05, 3.63) is 0 Å². The zero-order chi connectivity index (χ0) is 15.1. The maximum Gasteiger partial charge on any atom is 0.410 e. The molecule has 0 radical (unpaired) electrons. The van der Waals surface area contributed by atoms with Crippen molar-refractivity contribution in [3.63, 3.8) is 0 Å². The summed E-state index contributed by atoms with van der Waals surface area (Å²) in [5, 5.41) is 0. The van der Waals surface area contributed by atoms with Crippen molar-refractivity contribution in [1.29, 1.82) is 0 Å². The number of hydrogen-bond acceptors (Lipinski definition) is 4. The molecule has 0 aliphatic carbocycles. The number of rotatable bonds is 2. The van der Waals surface area contributed by atoms with Crippen molar-refractivity contribution in [2.24, 2.45) is 11.1 Å². The van der Waals surface area contributed by atoms with E-state index >= 15 is 0 Å². The number of hydrogen-bond donors (Lipinski definition) is 1. The highest BCUT2D eigenvalue weighted by Crippen LogP contribution is 2.40. The van der Waals surface area contributed by atoms with E-state index in [1.807, 2.05) is 20.8 Å². The molecule has 2 saturated heterocycles. The fourth-order valence-corrected chi connectivity index (χ4v) is 3.66. The van der Waals surface area contributed by atoms with Gasteiger partial charge in [-0.2, -0.15) is 0 Å². The van der Waals surface area contributed by atoms with Gasteiger partial charge in [0, 0.05) is 37.1 Å². The quantitative estimate of drug-likeness (QED) is 0.837. The molecule has 5 nitrogen and oxygen atoms in total. The lowest BCUT2D eigenvalue weighted by Crippen LogP contribution is -2.67. The van der Waals surface area contributed by atoms with Crippen molar-refractivity contribution < 1.29 is 9.53 Å². The molecular formula is C15H29N3O2. The third-order valence-corrected chi connectivity index (χ3v) is 4.42. The molecule has 2 aliphatic rings. The molecule has 2 N–H and O–H groups in total. The van der Waals surface area contributed by atoms with E-state index in [1.165, 1.54) is 0 Å². The minimum Gasteiger partial charge on any atom is -0.444 e. The fourth-order valence-electron chi connectivity index (χ4n) is 3.66.